The van der Waals surface area contributed by atoms with Gasteiger partial charge in [0.1, 0.15) is 0 Å². The van der Waals surface area contributed by atoms with Gasteiger partial charge in [0.2, 0.25) is 5.91 Å². The van der Waals surface area contributed by atoms with Crippen LogP contribution in [-0.2, 0) is 16.1 Å². The first kappa shape index (κ1) is 21.3. The van der Waals surface area contributed by atoms with Gasteiger partial charge in [-0.05, 0) is 76.8 Å². The molecule has 1 N–H and O–H groups in total. The minimum Gasteiger partial charge on any atom is -0.383 e. The Morgan fingerprint density at radius 1 is 1.14 bits per heavy atom. The van der Waals surface area contributed by atoms with Crippen LogP contribution in [0.2, 0.25) is 0 Å². The zero-order valence-electron chi connectivity index (χ0n) is 17.8. The second-order valence-corrected chi connectivity index (χ2v) is 8.61. The highest BCUT2D eigenvalue weighted by atomic mass is 16.5. The van der Waals surface area contributed by atoms with Crippen LogP contribution in [0.1, 0.15) is 43.7 Å². The molecule has 5 nitrogen and oxygen atoms in total. The summed E-state index contributed by atoms with van der Waals surface area (Å²) in [6.07, 6.45) is 4.45. The van der Waals surface area contributed by atoms with E-state index in [-0.39, 0.29) is 17.9 Å². The minimum atomic E-state index is 0.0908. The second kappa shape index (κ2) is 10.4. The number of nitrogens with zero attached hydrogens (tertiary/aromatic N) is 2. The fraction of sp³-hybridized carbons (Fsp3) is 0.696. The number of benzene rings is 1. The van der Waals surface area contributed by atoms with Crippen molar-refractivity contribution in [2.24, 2.45) is 5.92 Å². The van der Waals surface area contributed by atoms with Crippen LogP contribution in [-0.4, -0.2) is 67.7 Å². The number of rotatable bonds is 7. The van der Waals surface area contributed by atoms with Crippen LogP contribution in [0.5, 0.6) is 0 Å². The van der Waals surface area contributed by atoms with E-state index in [1.165, 1.54) is 37.1 Å². The third-order valence-corrected chi connectivity index (χ3v) is 6.43. The van der Waals surface area contributed by atoms with Gasteiger partial charge in [0.25, 0.3) is 0 Å². The minimum absolute atomic E-state index is 0.0908. The number of amides is 1. The predicted molar refractivity (Wildman–Crippen MR) is 113 cm³/mol. The number of nitrogens with one attached hydrogen (secondary N) is 1. The van der Waals surface area contributed by atoms with Crippen LogP contribution >= 0.6 is 0 Å². The third-order valence-electron chi connectivity index (χ3n) is 6.43. The number of likely N-dealkylation sites (tertiary alicyclic amines) is 2. The van der Waals surface area contributed by atoms with Crippen LogP contribution < -0.4 is 5.32 Å². The van der Waals surface area contributed by atoms with Crippen LogP contribution in [0.3, 0.4) is 0 Å². The van der Waals surface area contributed by atoms with Crippen molar-refractivity contribution >= 4 is 5.91 Å². The average Bonchev–Trinajstić information content (AvgIpc) is 2.70. The molecular weight excluding hydrogens is 350 g/mol. The molecule has 0 aliphatic carbocycles. The summed E-state index contributed by atoms with van der Waals surface area (Å²) in [5.74, 6) is 0.369. The Morgan fingerprint density at radius 3 is 2.46 bits per heavy atom. The normalized spacial score (nSPS) is 21.5. The number of carbonyl (C=O) groups is 1. The lowest BCUT2D eigenvalue weighted by molar-refractivity contribution is -0.127. The van der Waals surface area contributed by atoms with Crippen LogP contribution in [0.4, 0.5) is 0 Å². The molecule has 1 atom stereocenters. The van der Waals surface area contributed by atoms with E-state index in [4.69, 9.17) is 4.74 Å². The van der Waals surface area contributed by atoms with E-state index >= 15 is 0 Å². The molecule has 0 radical (unpaired) electrons. The molecule has 0 aromatic heterocycles. The molecule has 2 heterocycles. The van der Waals surface area contributed by atoms with E-state index in [1.54, 1.807) is 7.11 Å². The van der Waals surface area contributed by atoms with Crippen molar-refractivity contribution in [3.63, 3.8) is 0 Å². The average molecular weight is 388 g/mol. The fourth-order valence-corrected chi connectivity index (χ4v) is 4.65. The van der Waals surface area contributed by atoms with Gasteiger partial charge < -0.3 is 15.0 Å². The first-order valence-corrected chi connectivity index (χ1v) is 10.9. The van der Waals surface area contributed by atoms with Crippen molar-refractivity contribution in [1.29, 1.82) is 0 Å². The summed E-state index contributed by atoms with van der Waals surface area (Å²) in [6.45, 7) is 10.3. The maximum Gasteiger partial charge on any atom is 0.223 e. The van der Waals surface area contributed by atoms with E-state index in [9.17, 15) is 4.79 Å². The lowest BCUT2D eigenvalue weighted by Crippen LogP contribution is -2.49. The first-order chi connectivity index (χ1) is 13.6. The number of ether oxygens (including phenoxy) is 1. The number of hydrogen-bond donors (Lipinski definition) is 1. The maximum atomic E-state index is 12.4. The Balaban J connectivity index is 1.39. The van der Waals surface area contributed by atoms with Gasteiger partial charge in [-0.25, -0.2) is 0 Å². The Kier molecular flexibility index (Phi) is 7.89. The largest absolute Gasteiger partial charge is 0.383 e. The Bertz CT molecular complexity index is 620. The van der Waals surface area contributed by atoms with Gasteiger partial charge in [-0.2, -0.15) is 0 Å². The van der Waals surface area contributed by atoms with E-state index in [2.05, 4.69) is 46.3 Å². The molecule has 0 bridgehead atoms. The molecule has 2 saturated heterocycles. The molecule has 3 rings (SSSR count). The van der Waals surface area contributed by atoms with E-state index in [0.29, 0.717) is 12.6 Å². The van der Waals surface area contributed by atoms with Gasteiger partial charge in [0.15, 0.2) is 0 Å². The molecule has 5 heteroatoms. The summed E-state index contributed by atoms with van der Waals surface area (Å²) in [7, 11) is 1.67. The molecule has 0 saturated carbocycles. The van der Waals surface area contributed by atoms with E-state index in [0.717, 1.165) is 32.5 Å². The smallest absolute Gasteiger partial charge is 0.223 e. The zero-order valence-corrected chi connectivity index (χ0v) is 17.8. The number of piperidine rings is 2. The molecular formula is C23H37N3O2. The molecule has 28 heavy (non-hydrogen) atoms. The van der Waals surface area contributed by atoms with E-state index in [1.807, 2.05) is 6.92 Å². The molecule has 0 unspecified atom stereocenters. The highest BCUT2D eigenvalue weighted by molar-refractivity contribution is 5.79. The molecule has 1 aromatic rings. The standard InChI is InChI=1S/C23H37N3O2/c1-18-6-4-5-7-21(18)16-25-12-10-22(11-13-25)26-14-8-20(9-15-26)23(27)24-19(2)17-28-3/h4-7,19-20,22H,8-17H2,1-3H3,(H,24,27)/t19-/m0/s1. The van der Waals surface area contributed by atoms with Crippen molar-refractivity contribution in [2.45, 2.75) is 58.2 Å². The molecule has 1 aromatic carbocycles. The van der Waals surface area contributed by atoms with Gasteiger partial charge in [-0.15, -0.1) is 0 Å². The van der Waals surface area contributed by atoms with Crippen LogP contribution in [0, 0.1) is 12.8 Å². The first-order valence-electron chi connectivity index (χ1n) is 10.9. The summed E-state index contributed by atoms with van der Waals surface area (Å²) in [4.78, 5) is 17.6. The number of carbonyl (C=O) groups excluding carboxylic acids is 1. The quantitative estimate of drug-likeness (QED) is 0.781. The van der Waals surface area contributed by atoms with Crippen LogP contribution in [0.25, 0.3) is 0 Å². The highest BCUT2D eigenvalue weighted by Crippen LogP contribution is 2.25. The summed E-state index contributed by atoms with van der Waals surface area (Å²) in [5, 5.41) is 3.09. The SMILES string of the molecule is COC[C@H](C)NC(=O)C1CCN(C2CCN(Cc3ccccc3C)CC2)CC1. The third kappa shape index (κ3) is 5.79. The van der Waals surface area contributed by atoms with Gasteiger partial charge >= 0.3 is 0 Å². The highest BCUT2D eigenvalue weighted by Gasteiger charge is 2.31. The summed E-state index contributed by atoms with van der Waals surface area (Å²) in [6, 6.07) is 9.50. The molecule has 156 valence electrons. The van der Waals surface area contributed by atoms with Gasteiger partial charge in [0, 0.05) is 31.7 Å². The second-order valence-electron chi connectivity index (χ2n) is 8.61. The lowest BCUT2D eigenvalue weighted by atomic mass is 9.92. The molecule has 0 spiro atoms. The summed E-state index contributed by atoms with van der Waals surface area (Å²) < 4.78 is 5.11. The number of hydrogen-bond acceptors (Lipinski definition) is 4. The Hall–Kier alpha value is -1.43. The van der Waals surface area contributed by atoms with Gasteiger partial charge in [0.05, 0.1) is 6.61 Å². The van der Waals surface area contributed by atoms with Gasteiger partial charge in [-0.1, -0.05) is 24.3 Å². The van der Waals surface area contributed by atoms with E-state index < -0.39 is 0 Å². The van der Waals surface area contributed by atoms with Crippen molar-refractivity contribution < 1.29 is 9.53 Å². The summed E-state index contributed by atoms with van der Waals surface area (Å²) in [5.41, 5.74) is 2.85. The van der Waals surface area contributed by atoms with Gasteiger partial charge in [-0.3, -0.25) is 9.69 Å². The van der Waals surface area contributed by atoms with Crippen molar-refractivity contribution in [2.75, 3.05) is 39.9 Å². The Morgan fingerprint density at radius 2 is 1.82 bits per heavy atom. The predicted octanol–water partition coefficient (Wildman–Crippen LogP) is 2.82. The molecule has 2 fully saturated rings. The lowest BCUT2D eigenvalue weighted by Gasteiger charge is -2.41. The molecule has 1 amide bonds. The monoisotopic (exact) mass is 387 g/mol. The van der Waals surface area contributed by atoms with Crippen LogP contribution in [0.15, 0.2) is 24.3 Å². The number of aryl methyl sites for hydroxylation is 1. The topological polar surface area (TPSA) is 44.8 Å². The molecule has 2 aliphatic heterocycles. The maximum absolute atomic E-state index is 12.4. The van der Waals surface area contributed by atoms with Crippen molar-refractivity contribution in [3.8, 4) is 0 Å². The van der Waals surface area contributed by atoms with Crippen molar-refractivity contribution in [3.05, 3.63) is 35.4 Å². The fourth-order valence-electron chi connectivity index (χ4n) is 4.65. The zero-order chi connectivity index (χ0) is 19.9. The Labute approximate surface area is 170 Å². The summed E-state index contributed by atoms with van der Waals surface area (Å²) >= 11 is 0. The van der Waals surface area contributed by atoms with Crippen molar-refractivity contribution in [1.82, 2.24) is 15.1 Å². The number of methoxy groups -OCH3 is 1. The molecule has 2 aliphatic rings.